The topological polar surface area (TPSA) is 37.9 Å². The van der Waals surface area contributed by atoms with Gasteiger partial charge in [-0.05, 0) is 24.5 Å². The van der Waals surface area contributed by atoms with Crippen LogP contribution in [0.3, 0.4) is 0 Å². The first-order valence-electron chi connectivity index (χ1n) is 5.51. The average molecular weight is 220 g/mol. The summed E-state index contributed by atoms with van der Waals surface area (Å²) in [4.78, 5) is 7.42. The first-order valence-corrected chi connectivity index (χ1v) is 5.51. The molecule has 1 fully saturated rings. The van der Waals surface area contributed by atoms with Crippen molar-refractivity contribution in [3.8, 4) is 0 Å². The van der Waals surface area contributed by atoms with E-state index in [9.17, 15) is 4.39 Å². The Morgan fingerprint density at radius 1 is 1.50 bits per heavy atom. The molecule has 1 saturated heterocycles. The van der Waals surface area contributed by atoms with Crippen molar-refractivity contribution >= 4 is 11.0 Å². The first kappa shape index (κ1) is 9.78. The number of H-pyrrole nitrogens is 1. The second kappa shape index (κ2) is 3.56. The SMILES string of the molecule is CC1CCOC1c1nc2c(F)cccc2[nH]1. The number of aromatic nitrogens is 2. The maximum Gasteiger partial charge on any atom is 0.151 e. The van der Waals surface area contributed by atoms with Crippen LogP contribution in [0.1, 0.15) is 25.3 Å². The minimum Gasteiger partial charge on any atom is -0.370 e. The zero-order chi connectivity index (χ0) is 11.1. The van der Waals surface area contributed by atoms with Crippen LogP contribution >= 0.6 is 0 Å². The molecule has 0 bridgehead atoms. The molecule has 2 heterocycles. The standard InChI is InChI=1S/C12H13FN2O/c1-7-5-6-16-11(7)12-14-9-4-2-3-8(13)10(9)15-12/h2-4,7,11H,5-6H2,1H3,(H,14,15). The van der Waals surface area contributed by atoms with Crippen LogP contribution in [-0.4, -0.2) is 16.6 Å². The van der Waals surface area contributed by atoms with Gasteiger partial charge in [-0.15, -0.1) is 0 Å². The van der Waals surface area contributed by atoms with Gasteiger partial charge in [0, 0.05) is 6.61 Å². The van der Waals surface area contributed by atoms with Crippen molar-refractivity contribution < 1.29 is 9.13 Å². The van der Waals surface area contributed by atoms with Crippen molar-refractivity contribution in [2.45, 2.75) is 19.4 Å². The molecule has 2 atom stereocenters. The Balaban J connectivity index is 2.08. The van der Waals surface area contributed by atoms with E-state index in [2.05, 4.69) is 16.9 Å². The first-order chi connectivity index (χ1) is 7.75. The third-order valence-electron chi connectivity index (χ3n) is 3.14. The molecule has 1 aromatic heterocycles. The van der Waals surface area contributed by atoms with Crippen molar-refractivity contribution in [2.75, 3.05) is 6.61 Å². The lowest BCUT2D eigenvalue weighted by Crippen LogP contribution is -2.05. The van der Waals surface area contributed by atoms with Gasteiger partial charge in [0.05, 0.1) is 5.52 Å². The number of fused-ring (bicyclic) bond motifs is 1. The van der Waals surface area contributed by atoms with E-state index in [1.165, 1.54) is 6.07 Å². The van der Waals surface area contributed by atoms with E-state index in [1.807, 2.05) is 6.07 Å². The Kier molecular flexibility index (Phi) is 2.17. The molecule has 1 N–H and O–H groups in total. The fourth-order valence-electron chi connectivity index (χ4n) is 2.20. The van der Waals surface area contributed by atoms with Crippen LogP contribution in [0.15, 0.2) is 18.2 Å². The Morgan fingerprint density at radius 2 is 2.38 bits per heavy atom. The molecule has 3 rings (SSSR count). The largest absolute Gasteiger partial charge is 0.370 e. The van der Waals surface area contributed by atoms with Crippen LogP contribution in [0.5, 0.6) is 0 Å². The Labute approximate surface area is 92.6 Å². The molecule has 4 heteroatoms. The summed E-state index contributed by atoms with van der Waals surface area (Å²) in [6.07, 6.45) is 1.01. The van der Waals surface area contributed by atoms with E-state index < -0.39 is 0 Å². The monoisotopic (exact) mass is 220 g/mol. The molecule has 0 radical (unpaired) electrons. The van der Waals surface area contributed by atoms with Gasteiger partial charge >= 0.3 is 0 Å². The smallest absolute Gasteiger partial charge is 0.151 e. The highest BCUT2D eigenvalue weighted by Crippen LogP contribution is 2.33. The number of nitrogens with zero attached hydrogens (tertiary/aromatic N) is 1. The van der Waals surface area contributed by atoms with Gasteiger partial charge in [0.15, 0.2) is 5.82 Å². The predicted molar refractivity (Wildman–Crippen MR) is 58.5 cm³/mol. The van der Waals surface area contributed by atoms with Gasteiger partial charge in [-0.1, -0.05) is 13.0 Å². The van der Waals surface area contributed by atoms with Crippen LogP contribution in [0.2, 0.25) is 0 Å². The van der Waals surface area contributed by atoms with Gasteiger partial charge in [-0.25, -0.2) is 9.37 Å². The Bertz CT molecular complexity index is 523. The second-order valence-electron chi connectivity index (χ2n) is 4.32. The Hall–Kier alpha value is -1.42. The van der Waals surface area contributed by atoms with E-state index in [4.69, 9.17) is 4.74 Å². The molecule has 0 amide bonds. The number of rotatable bonds is 1. The van der Waals surface area contributed by atoms with Gasteiger partial charge < -0.3 is 9.72 Å². The Morgan fingerprint density at radius 3 is 3.06 bits per heavy atom. The lowest BCUT2D eigenvalue weighted by molar-refractivity contribution is 0.0882. The highest BCUT2D eigenvalue weighted by atomic mass is 19.1. The van der Waals surface area contributed by atoms with E-state index in [-0.39, 0.29) is 11.9 Å². The van der Waals surface area contributed by atoms with Gasteiger partial charge in [-0.3, -0.25) is 0 Å². The summed E-state index contributed by atoms with van der Waals surface area (Å²) in [6.45, 7) is 2.88. The van der Waals surface area contributed by atoms with Crippen molar-refractivity contribution in [1.82, 2.24) is 9.97 Å². The molecular formula is C12H13FN2O. The molecule has 2 unspecified atom stereocenters. The second-order valence-corrected chi connectivity index (χ2v) is 4.32. The molecule has 1 aliphatic rings. The summed E-state index contributed by atoms with van der Waals surface area (Å²) in [7, 11) is 0. The minimum atomic E-state index is -0.286. The molecule has 0 aliphatic carbocycles. The van der Waals surface area contributed by atoms with Crippen molar-refractivity contribution in [3.05, 3.63) is 29.8 Å². The molecule has 0 saturated carbocycles. The van der Waals surface area contributed by atoms with Crippen LogP contribution in [0, 0.1) is 11.7 Å². The van der Waals surface area contributed by atoms with Crippen molar-refractivity contribution in [1.29, 1.82) is 0 Å². The van der Waals surface area contributed by atoms with Gasteiger partial charge in [0.1, 0.15) is 17.4 Å². The number of nitrogens with one attached hydrogen (secondary N) is 1. The normalized spacial score (nSPS) is 25.4. The summed E-state index contributed by atoms with van der Waals surface area (Å²) in [6, 6.07) is 4.93. The molecular weight excluding hydrogens is 207 g/mol. The number of aromatic amines is 1. The number of para-hydroxylation sites is 1. The minimum absolute atomic E-state index is 0.0215. The van der Waals surface area contributed by atoms with Gasteiger partial charge in [-0.2, -0.15) is 0 Å². The summed E-state index contributed by atoms with van der Waals surface area (Å²) < 4.78 is 19.1. The molecule has 1 aromatic carbocycles. The number of hydrogen-bond acceptors (Lipinski definition) is 2. The summed E-state index contributed by atoms with van der Waals surface area (Å²) in [5.74, 6) is 0.888. The number of halogens is 1. The molecule has 2 aromatic rings. The van der Waals surface area contributed by atoms with E-state index in [1.54, 1.807) is 6.07 Å². The van der Waals surface area contributed by atoms with Gasteiger partial charge in [0.2, 0.25) is 0 Å². The molecule has 16 heavy (non-hydrogen) atoms. The number of benzene rings is 1. The molecule has 84 valence electrons. The highest BCUT2D eigenvalue weighted by molar-refractivity contribution is 5.75. The maximum atomic E-state index is 13.5. The van der Waals surface area contributed by atoms with Crippen LogP contribution in [-0.2, 0) is 4.74 Å². The maximum absolute atomic E-state index is 13.5. The average Bonchev–Trinajstić information content (AvgIpc) is 2.84. The van der Waals surface area contributed by atoms with Crippen LogP contribution in [0.25, 0.3) is 11.0 Å². The van der Waals surface area contributed by atoms with E-state index in [0.29, 0.717) is 11.4 Å². The number of hydrogen-bond donors (Lipinski definition) is 1. The lowest BCUT2D eigenvalue weighted by Gasteiger charge is -2.10. The summed E-state index contributed by atoms with van der Waals surface area (Å²) >= 11 is 0. The van der Waals surface area contributed by atoms with E-state index >= 15 is 0 Å². The zero-order valence-corrected chi connectivity index (χ0v) is 9.03. The molecule has 0 spiro atoms. The third-order valence-corrected chi connectivity index (χ3v) is 3.14. The summed E-state index contributed by atoms with van der Waals surface area (Å²) in [5, 5.41) is 0. The third kappa shape index (κ3) is 1.41. The quantitative estimate of drug-likeness (QED) is 0.802. The fourth-order valence-corrected chi connectivity index (χ4v) is 2.20. The number of ether oxygens (including phenoxy) is 1. The van der Waals surface area contributed by atoms with E-state index in [0.717, 1.165) is 24.4 Å². The lowest BCUT2D eigenvalue weighted by atomic mass is 10.0. The molecule has 1 aliphatic heterocycles. The van der Waals surface area contributed by atoms with Gasteiger partial charge in [0.25, 0.3) is 0 Å². The van der Waals surface area contributed by atoms with Crippen LogP contribution in [0.4, 0.5) is 4.39 Å². The van der Waals surface area contributed by atoms with Crippen molar-refractivity contribution in [3.63, 3.8) is 0 Å². The summed E-state index contributed by atoms with van der Waals surface area (Å²) in [5.41, 5.74) is 1.14. The van der Waals surface area contributed by atoms with Crippen molar-refractivity contribution in [2.24, 2.45) is 5.92 Å². The zero-order valence-electron chi connectivity index (χ0n) is 9.03. The number of imidazole rings is 1. The predicted octanol–water partition coefficient (Wildman–Crippen LogP) is 2.80. The molecule has 3 nitrogen and oxygen atoms in total. The van der Waals surface area contributed by atoms with Crippen LogP contribution < -0.4 is 0 Å². The highest BCUT2D eigenvalue weighted by Gasteiger charge is 2.28. The fraction of sp³-hybridized carbons (Fsp3) is 0.417.